The molecule has 1 aromatic heterocycles. The van der Waals surface area contributed by atoms with E-state index in [4.69, 9.17) is 9.72 Å². The van der Waals surface area contributed by atoms with Crippen molar-refractivity contribution in [3.63, 3.8) is 0 Å². The van der Waals surface area contributed by atoms with Crippen LogP contribution in [0.15, 0.2) is 30.5 Å². The van der Waals surface area contributed by atoms with E-state index in [1.807, 2.05) is 23.2 Å². The van der Waals surface area contributed by atoms with Crippen LogP contribution in [0.25, 0.3) is 0 Å². The maximum absolute atomic E-state index is 11.6. The molecule has 148 valence electrons. The van der Waals surface area contributed by atoms with Gasteiger partial charge in [0.15, 0.2) is 0 Å². The third kappa shape index (κ3) is 4.33. The first kappa shape index (κ1) is 18.9. The smallest absolute Gasteiger partial charge is 0.219 e. The molecule has 3 heterocycles. The molecule has 0 aliphatic carbocycles. The van der Waals surface area contributed by atoms with Gasteiger partial charge in [0.1, 0.15) is 18.2 Å². The minimum atomic E-state index is 0.119. The number of aryl methyl sites for hydroxylation is 1. The average molecular weight is 380 g/mol. The minimum Gasteiger partial charge on any atom is -0.492 e. The number of carbonyl (C=O) groups is 1. The van der Waals surface area contributed by atoms with Crippen LogP contribution in [0, 0.1) is 6.92 Å². The number of rotatable bonds is 5. The Bertz CT molecular complexity index is 854. The van der Waals surface area contributed by atoms with E-state index in [-0.39, 0.29) is 5.91 Å². The van der Waals surface area contributed by atoms with E-state index in [0.717, 1.165) is 61.9 Å². The summed E-state index contributed by atoms with van der Waals surface area (Å²) in [6, 6.07) is 8.18. The van der Waals surface area contributed by atoms with Gasteiger partial charge in [-0.3, -0.25) is 9.69 Å². The number of nitrogens with zero attached hydrogens (tertiary/aromatic N) is 4. The summed E-state index contributed by atoms with van der Waals surface area (Å²) in [5.74, 6) is 2.40. The molecular weight excluding hydrogens is 352 g/mol. The summed E-state index contributed by atoms with van der Waals surface area (Å²) in [6.45, 7) is 8.75. The highest BCUT2D eigenvalue weighted by atomic mass is 16.5. The number of carbonyl (C=O) groups excluding carboxylic acids is 1. The fourth-order valence-electron chi connectivity index (χ4n) is 4.04. The summed E-state index contributed by atoms with van der Waals surface area (Å²) >= 11 is 0. The lowest BCUT2D eigenvalue weighted by Crippen LogP contribution is -2.35. The molecule has 0 unspecified atom stereocenters. The van der Waals surface area contributed by atoms with Gasteiger partial charge in [-0.15, -0.1) is 0 Å². The minimum absolute atomic E-state index is 0.119. The predicted octanol–water partition coefficient (Wildman–Crippen LogP) is 2.56. The van der Waals surface area contributed by atoms with Crippen LogP contribution in [0.3, 0.4) is 0 Å². The van der Waals surface area contributed by atoms with E-state index in [1.54, 1.807) is 6.92 Å². The first-order valence-electron chi connectivity index (χ1n) is 10.1. The Morgan fingerprint density at radius 3 is 3.04 bits per heavy atom. The topological polar surface area (TPSA) is 58.6 Å². The van der Waals surface area contributed by atoms with Crippen molar-refractivity contribution < 1.29 is 9.53 Å². The summed E-state index contributed by atoms with van der Waals surface area (Å²) in [4.78, 5) is 25.4. The Balaban J connectivity index is 1.30. The lowest BCUT2D eigenvalue weighted by atomic mass is 10.0. The van der Waals surface area contributed by atoms with Crippen LogP contribution < -0.4 is 4.74 Å². The van der Waals surface area contributed by atoms with Crippen LogP contribution in [-0.2, 0) is 17.8 Å². The summed E-state index contributed by atoms with van der Waals surface area (Å²) in [6.07, 6.45) is 3.84. The molecule has 4 rings (SSSR count). The highest BCUT2D eigenvalue weighted by Gasteiger charge is 2.27. The van der Waals surface area contributed by atoms with Gasteiger partial charge in [-0.05, 0) is 37.6 Å². The van der Waals surface area contributed by atoms with E-state index in [1.165, 1.54) is 5.56 Å². The molecule has 1 saturated heterocycles. The maximum Gasteiger partial charge on any atom is 0.219 e. The zero-order valence-corrected chi connectivity index (χ0v) is 16.7. The number of likely N-dealkylation sites (tertiary alicyclic amines) is 1. The quantitative estimate of drug-likeness (QED) is 0.798. The van der Waals surface area contributed by atoms with Gasteiger partial charge in [0.25, 0.3) is 0 Å². The van der Waals surface area contributed by atoms with Gasteiger partial charge >= 0.3 is 0 Å². The fourth-order valence-corrected chi connectivity index (χ4v) is 4.04. The number of ether oxygens (including phenoxy) is 1. The summed E-state index contributed by atoms with van der Waals surface area (Å²) in [5, 5.41) is 0. The highest BCUT2D eigenvalue weighted by Crippen LogP contribution is 2.26. The van der Waals surface area contributed by atoms with Crippen molar-refractivity contribution in [2.45, 2.75) is 39.2 Å². The number of hydrogen-bond acceptors (Lipinski definition) is 5. The van der Waals surface area contributed by atoms with Gasteiger partial charge < -0.3 is 9.64 Å². The van der Waals surface area contributed by atoms with Crippen LogP contribution in [-0.4, -0.2) is 58.5 Å². The molecule has 0 radical (unpaired) electrons. The molecule has 2 aliphatic rings. The van der Waals surface area contributed by atoms with Crippen molar-refractivity contribution in [2.75, 3.05) is 32.8 Å². The number of aromatic nitrogens is 2. The second kappa shape index (κ2) is 8.27. The molecule has 1 atom stereocenters. The Morgan fingerprint density at radius 2 is 2.21 bits per heavy atom. The molecule has 0 N–H and O–H groups in total. The molecule has 0 bridgehead atoms. The lowest BCUT2D eigenvalue weighted by molar-refractivity contribution is -0.129. The Kier molecular flexibility index (Phi) is 5.57. The van der Waals surface area contributed by atoms with Crippen LogP contribution >= 0.6 is 0 Å². The lowest BCUT2D eigenvalue weighted by Gasteiger charge is -2.27. The molecule has 2 aromatic rings. The van der Waals surface area contributed by atoms with Gasteiger partial charge in [-0.1, -0.05) is 12.1 Å². The molecule has 0 saturated carbocycles. The highest BCUT2D eigenvalue weighted by molar-refractivity contribution is 5.73. The SMILES string of the molecule is CC(=O)N1CCc2nc([C@H]3CCN(CCOc4cccc(C)c4)C3)ncc2C1. The van der Waals surface area contributed by atoms with Gasteiger partial charge in [0, 0.05) is 57.2 Å². The van der Waals surface area contributed by atoms with E-state index < -0.39 is 0 Å². The summed E-state index contributed by atoms with van der Waals surface area (Å²) < 4.78 is 5.89. The first-order valence-corrected chi connectivity index (χ1v) is 10.1. The van der Waals surface area contributed by atoms with E-state index >= 15 is 0 Å². The standard InChI is InChI=1S/C22H28N4O2/c1-16-4-3-5-20(12-16)28-11-10-25-8-6-18(14-25)22-23-13-19-15-26(17(2)27)9-7-21(19)24-22/h3-5,12-13,18H,6-11,14-15H2,1-2H3/t18-/m0/s1. The summed E-state index contributed by atoms with van der Waals surface area (Å²) in [7, 11) is 0. The number of amides is 1. The molecule has 6 nitrogen and oxygen atoms in total. The van der Waals surface area contributed by atoms with Crippen LogP contribution in [0.4, 0.5) is 0 Å². The Hall–Kier alpha value is -2.47. The van der Waals surface area contributed by atoms with Crippen molar-refractivity contribution in [3.8, 4) is 5.75 Å². The van der Waals surface area contributed by atoms with Crippen LogP contribution in [0.1, 0.15) is 41.9 Å². The average Bonchev–Trinajstić information content (AvgIpc) is 3.16. The zero-order valence-electron chi connectivity index (χ0n) is 16.7. The molecule has 28 heavy (non-hydrogen) atoms. The Morgan fingerprint density at radius 1 is 1.32 bits per heavy atom. The van der Waals surface area contributed by atoms with E-state index in [2.05, 4.69) is 28.9 Å². The zero-order chi connectivity index (χ0) is 19.5. The van der Waals surface area contributed by atoms with Crippen molar-refractivity contribution in [1.29, 1.82) is 0 Å². The van der Waals surface area contributed by atoms with Gasteiger partial charge in [0.05, 0.1) is 5.69 Å². The van der Waals surface area contributed by atoms with Crippen molar-refractivity contribution in [3.05, 3.63) is 53.1 Å². The van der Waals surface area contributed by atoms with Gasteiger partial charge in [-0.25, -0.2) is 9.97 Å². The third-order valence-electron chi connectivity index (χ3n) is 5.70. The van der Waals surface area contributed by atoms with Gasteiger partial charge in [-0.2, -0.15) is 0 Å². The largest absolute Gasteiger partial charge is 0.492 e. The molecule has 6 heteroatoms. The molecule has 1 amide bonds. The second-order valence-corrected chi connectivity index (χ2v) is 7.84. The normalized spacial score (nSPS) is 19.5. The maximum atomic E-state index is 11.6. The molecule has 0 spiro atoms. The monoisotopic (exact) mass is 380 g/mol. The van der Waals surface area contributed by atoms with Gasteiger partial charge in [0.2, 0.25) is 5.91 Å². The van der Waals surface area contributed by atoms with E-state index in [0.29, 0.717) is 19.1 Å². The number of fused-ring (bicyclic) bond motifs is 1. The molecule has 1 fully saturated rings. The fraction of sp³-hybridized carbons (Fsp3) is 0.500. The van der Waals surface area contributed by atoms with Crippen molar-refractivity contribution in [2.24, 2.45) is 0 Å². The van der Waals surface area contributed by atoms with Crippen LogP contribution in [0.5, 0.6) is 5.75 Å². The summed E-state index contributed by atoms with van der Waals surface area (Å²) in [5.41, 5.74) is 3.42. The first-order chi connectivity index (χ1) is 13.6. The Labute approximate surface area is 166 Å². The number of benzene rings is 1. The van der Waals surface area contributed by atoms with Crippen LogP contribution in [0.2, 0.25) is 0 Å². The third-order valence-corrected chi connectivity index (χ3v) is 5.70. The predicted molar refractivity (Wildman–Crippen MR) is 107 cm³/mol. The second-order valence-electron chi connectivity index (χ2n) is 7.84. The van der Waals surface area contributed by atoms with Crippen molar-refractivity contribution >= 4 is 5.91 Å². The van der Waals surface area contributed by atoms with E-state index in [9.17, 15) is 4.79 Å². The molecule has 1 aromatic carbocycles. The molecule has 2 aliphatic heterocycles. The van der Waals surface area contributed by atoms with Crippen molar-refractivity contribution in [1.82, 2.24) is 19.8 Å². The number of hydrogen-bond donors (Lipinski definition) is 0. The molecular formula is C22H28N4O2.